The standard InChI is InChI=1S/C24H23Cl2N3O5/c1-22(2)23(3)10-11-24(22,21(31)27-19-16(25)8-5-9-17(19)26)13-18(23)28-34-20(30)14-6-4-7-15(12-14)29(32)33/h4-9,12H,10-11,13H2,1-3H3,(H,27,31). The van der Waals surface area contributed by atoms with E-state index in [1.165, 1.54) is 18.2 Å². The Kier molecular flexibility index (Phi) is 5.94. The quantitative estimate of drug-likeness (QED) is 0.293. The molecule has 2 aromatic rings. The predicted molar refractivity (Wildman–Crippen MR) is 129 cm³/mol. The van der Waals surface area contributed by atoms with E-state index in [0.717, 1.165) is 6.07 Å². The summed E-state index contributed by atoms with van der Waals surface area (Å²) in [7, 11) is 0. The van der Waals surface area contributed by atoms with Gasteiger partial charge < -0.3 is 10.2 Å². The van der Waals surface area contributed by atoms with Crippen LogP contribution in [0.25, 0.3) is 0 Å². The number of nitrogens with one attached hydrogen (secondary N) is 1. The Balaban J connectivity index is 1.60. The first-order chi connectivity index (χ1) is 15.9. The lowest BCUT2D eigenvalue weighted by Gasteiger charge is -2.39. The molecule has 1 N–H and O–H groups in total. The zero-order chi connectivity index (χ0) is 24.9. The number of oxime groups is 1. The molecule has 2 aliphatic carbocycles. The summed E-state index contributed by atoms with van der Waals surface area (Å²) in [6.45, 7) is 6.04. The molecule has 2 fully saturated rings. The van der Waals surface area contributed by atoms with Crippen LogP contribution in [0.2, 0.25) is 10.0 Å². The average Bonchev–Trinajstić information content (AvgIpc) is 3.10. The van der Waals surface area contributed by atoms with Crippen LogP contribution in [-0.4, -0.2) is 22.5 Å². The van der Waals surface area contributed by atoms with Gasteiger partial charge in [0.1, 0.15) is 0 Å². The van der Waals surface area contributed by atoms with Crippen LogP contribution >= 0.6 is 23.2 Å². The summed E-state index contributed by atoms with van der Waals surface area (Å²) in [5.74, 6) is -1.02. The molecule has 178 valence electrons. The number of non-ortho nitro benzene ring substituents is 1. The summed E-state index contributed by atoms with van der Waals surface area (Å²) in [6, 6.07) is 10.3. The highest BCUT2D eigenvalue weighted by Gasteiger charge is 2.71. The van der Waals surface area contributed by atoms with Crippen molar-refractivity contribution < 1.29 is 19.3 Å². The number of nitro groups is 1. The minimum absolute atomic E-state index is 0.0203. The van der Waals surface area contributed by atoms with Crippen LogP contribution in [0.1, 0.15) is 50.4 Å². The molecule has 1 amide bonds. The highest BCUT2D eigenvalue weighted by atomic mass is 35.5. The molecule has 34 heavy (non-hydrogen) atoms. The van der Waals surface area contributed by atoms with Crippen LogP contribution in [0.15, 0.2) is 47.6 Å². The molecule has 0 heterocycles. The van der Waals surface area contributed by atoms with E-state index < -0.39 is 27.1 Å². The van der Waals surface area contributed by atoms with Crippen molar-refractivity contribution in [3.8, 4) is 0 Å². The number of carbonyl (C=O) groups excluding carboxylic acids is 2. The first kappa shape index (κ1) is 24.2. The summed E-state index contributed by atoms with van der Waals surface area (Å²) in [5.41, 5.74) is -1.04. The molecule has 0 aromatic heterocycles. The van der Waals surface area contributed by atoms with Crippen LogP contribution in [-0.2, 0) is 9.63 Å². The number of nitrogens with zero attached hydrogens (tertiary/aromatic N) is 2. The van der Waals surface area contributed by atoms with Gasteiger partial charge in [-0.15, -0.1) is 0 Å². The number of benzene rings is 2. The Morgan fingerprint density at radius 3 is 2.38 bits per heavy atom. The zero-order valence-corrected chi connectivity index (χ0v) is 20.4. The van der Waals surface area contributed by atoms with E-state index >= 15 is 0 Å². The van der Waals surface area contributed by atoms with Gasteiger partial charge in [0.25, 0.3) is 5.69 Å². The summed E-state index contributed by atoms with van der Waals surface area (Å²) in [4.78, 5) is 41.7. The maximum absolute atomic E-state index is 13.6. The van der Waals surface area contributed by atoms with Crippen molar-refractivity contribution >= 4 is 52.2 Å². The van der Waals surface area contributed by atoms with E-state index in [-0.39, 0.29) is 17.2 Å². The van der Waals surface area contributed by atoms with E-state index in [2.05, 4.69) is 10.5 Å². The molecule has 2 saturated carbocycles. The second-order valence-electron chi connectivity index (χ2n) is 9.49. The molecule has 8 nitrogen and oxygen atoms in total. The number of rotatable bonds is 5. The Labute approximate surface area is 206 Å². The maximum atomic E-state index is 13.6. The predicted octanol–water partition coefficient (Wildman–Crippen LogP) is 6.27. The van der Waals surface area contributed by atoms with E-state index in [1.807, 2.05) is 20.8 Å². The summed E-state index contributed by atoms with van der Waals surface area (Å²) < 4.78 is 0. The minimum Gasteiger partial charge on any atom is -0.323 e. The van der Waals surface area contributed by atoms with Crippen molar-refractivity contribution in [2.75, 3.05) is 5.32 Å². The molecule has 0 radical (unpaired) electrons. The maximum Gasteiger partial charge on any atom is 0.365 e. The summed E-state index contributed by atoms with van der Waals surface area (Å²) in [5, 5.41) is 18.7. The molecule has 2 atom stereocenters. The van der Waals surface area contributed by atoms with Gasteiger partial charge in [-0.05, 0) is 36.5 Å². The fourth-order valence-electron chi connectivity index (χ4n) is 5.27. The van der Waals surface area contributed by atoms with Crippen LogP contribution in [0, 0.1) is 26.4 Å². The zero-order valence-electron chi connectivity index (χ0n) is 18.9. The fraction of sp³-hybridized carbons (Fsp3) is 0.375. The van der Waals surface area contributed by atoms with Gasteiger partial charge in [0, 0.05) is 24.0 Å². The average molecular weight is 504 g/mol. The molecule has 0 aliphatic heterocycles. The first-order valence-corrected chi connectivity index (χ1v) is 11.5. The van der Waals surface area contributed by atoms with Crippen LogP contribution in [0.4, 0.5) is 11.4 Å². The molecular weight excluding hydrogens is 481 g/mol. The number of anilines is 1. The van der Waals surface area contributed by atoms with Crippen molar-refractivity contribution in [3.05, 3.63) is 68.2 Å². The second-order valence-corrected chi connectivity index (χ2v) is 10.3. The lowest BCUT2D eigenvalue weighted by atomic mass is 9.64. The van der Waals surface area contributed by atoms with Crippen molar-refractivity contribution in [2.24, 2.45) is 21.4 Å². The highest BCUT2D eigenvalue weighted by molar-refractivity contribution is 6.39. The molecular formula is C24H23Cl2N3O5. The van der Waals surface area contributed by atoms with Crippen molar-refractivity contribution in [2.45, 2.75) is 40.0 Å². The third-order valence-corrected chi connectivity index (χ3v) is 8.53. The fourth-order valence-corrected chi connectivity index (χ4v) is 5.76. The molecule has 10 heteroatoms. The molecule has 2 aliphatic rings. The number of halogens is 2. The van der Waals surface area contributed by atoms with Gasteiger partial charge >= 0.3 is 5.97 Å². The largest absolute Gasteiger partial charge is 0.365 e. The molecule has 2 unspecified atom stereocenters. The van der Waals surface area contributed by atoms with Gasteiger partial charge in [-0.1, -0.05) is 61.3 Å². The normalized spacial score (nSPS) is 25.9. The van der Waals surface area contributed by atoms with Gasteiger partial charge in [-0.3, -0.25) is 14.9 Å². The number of fused-ring (bicyclic) bond motifs is 2. The van der Waals surface area contributed by atoms with E-state index in [9.17, 15) is 19.7 Å². The number of hydrogen-bond donors (Lipinski definition) is 1. The van der Waals surface area contributed by atoms with Crippen LogP contribution < -0.4 is 5.32 Å². The number of para-hydroxylation sites is 1. The Bertz CT molecular complexity index is 1220. The van der Waals surface area contributed by atoms with E-state index in [4.69, 9.17) is 28.0 Å². The summed E-state index contributed by atoms with van der Waals surface area (Å²) >= 11 is 12.5. The Hall–Kier alpha value is -2.97. The third-order valence-electron chi connectivity index (χ3n) is 7.90. The molecule has 4 rings (SSSR count). The lowest BCUT2D eigenvalue weighted by molar-refractivity contribution is -0.384. The lowest BCUT2D eigenvalue weighted by Crippen LogP contribution is -2.43. The SMILES string of the molecule is CC12CCC(C(=O)Nc3c(Cl)cccc3Cl)(CC1=NOC(=O)c1cccc([N+](=O)[O-])c1)C2(C)C. The van der Waals surface area contributed by atoms with Gasteiger partial charge in [-0.25, -0.2) is 4.79 Å². The first-order valence-electron chi connectivity index (χ1n) is 10.7. The molecule has 2 bridgehead atoms. The number of hydrogen-bond acceptors (Lipinski definition) is 6. The van der Waals surface area contributed by atoms with Gasteiger partial charge in [0.2, 0.25) is 5.91 Å². The monoisotopic (exact) mass is 503 g/mol. The minimum atomic E-state index is -0.805. The van der Waals surface area contributed by atoms with Gasteiger partial charge in [-0.2, -0.15) is 0 Å². The Morgan fingerprint density at radius 1 is 1.09 bits per heavy atom. The third kappa shape index (κ3) is 3.56. The smallest absolute Gasteiger partial charge is 0.323 e. The number of amides is 1. The van der Waals surface area contributed by atoms with E-state index in [1.54, 1.807) is 18.2 Å². The van der Waals surface area contributed by atoms with Crippen molar-refractivity contribution in [1.29, 1.82) is 0 Å². The second kappa shape index (κ2) is 8.36. The molecule has 2 aromatic carbocycles. The Morgan fingerprint density at radius 2 is 1.74 bits per heavy atom. The van der Waals surface area contributed by atoms with Crippen LogP contribution in [0.5, 0.6) is 0 Å². The molecule has 0 spiro atoms. The van der Waals surface area contributed by atoms with Gasteiger partial charge in [0.15, 0.2) is 0 Å². The summed E-state index contributed by atoms with van der Waals surface area (Å²) in [6.07, 6.45) is 1.60. The highest BCUT2D eigenvalue weighted by Crippen LogP contribution is 2.71. The number of nitro benzene ring substituents is 1. The van der Waals surface area contributed by atoms with Crippen LogP contribution in [0.3, 0.4) is 0 Å². The molecule has 0 saturated heterocycles. The topological polar surface area (TPSA) is 111 Å². The van der Waals surface area contributed by atoms with Crippen molar-refractivity contribution in [3.63, 3.8) is 0 Å². The van der Waals surface area contributed by atoms with Crippen molar-refractivity contribution in [1.82, 2.24) is 0 Å². The van der Waals surface area contributed by atoms with E-state index in [0.29, 0.717) is 40.7 Å². The van der Waals surface area contributed by atoms with Gasteiger partial charge in [0.05, 0.1) is 37.3 Å². The number of carbonyl (C=O) groups is 2.